The number of nitrogens with zero attached hydrogens (tertiary/aromatic N) is 2. The Labute approximate surface area is 156 Å². The topological polar surface area (TPSA) is 102 Å². The fraction of sp³-hybridized carbons (Fsp3) is 0.529. The fourth-order valence-corrected chi connectivity index (χ4v) is 3.98. The number of hydrogen-bond acceptors (Lipinski definition) is 7. The zero-order valence-corrected chi connectivity index (χ0v) is 15.6. The van der Waals surface area contributed by atoms with E-state index in [9.17, 15) is 18.0 Å². The van der Waals surface area contributed by atoms with Crippen LogP contribution in [0.1, 0.15) is 19.3 Å². The fourth-order valence-electron chi connectivity index (χ4n) is 3.60. The lowest BCUT2D eigenvalue weighted by molar-refractivity contribution is -0.119. The largest absolute Gasteiger partial charge is 0.489 e. The van der Waals surface area contributed by atoms with Crippen LogP contribution in [0, 0.1) is 0 Å². The van der Waals surface area contributed by atoms with Crippen molar-refractivity contribution in [3.8, 4) is 5.75 Å². The van der Waals surface area contributed by atoms with E-state index in [-0.39, 0.29) is 19.1 Å². The first kappa shape index (κ1) is 18.1. The van der Waals surface area contributed by atoms with Crippen molar-refractivity contribution in [2.24, 2.45) is 0 Å². The number of carbonyl (C=O) groups excluding carboxylic acids is 2. The van der Waals surface area contributed by atoms with Crippen LogP contribution in [0.25, 0.3) is 0 Å². The standard InChI is InChI=1S/C17H20N2O7S/c1-27(22,23)25-10-15-13-9-24-14-8-11(18-7-3-2-4-16(18)20)5-6-12(14)19(13)17(21)26-15/h5-6,8,13,15H,2-4,7,9-10H2,1H3. The molecule has 3 aliphatic rings. The van der Waals surface area contributed by atoms with Crippen molar-refractivity contribution in [1.29, 1.82) is 0 Å². The molecule has 9 nitrogen and oxygen atoms in total. The smallest absolute Gasteiger partial charge is 0.415 e. The number of piperidine rings is 1. The first-order valence-corrected chi connectivity index (χ1v) is 10.6. The van der Waals surface area contributed by atoms with E-state index in [1.54, 1.807) is 23.1 Å². The van der Waals surface area contributed by atoms with Crippen molar-refractivity contribution in [3.05, 3.63) is 18.2 Å². The van der Waals surface area contributed by atoms with E-state index < -0.39 is 28.4 Å². The molecule has 3 aliphatic heterocycles. The highest BCUT2D eigenvalue weighted by Gasteiger charge is 2.47. The van der Waals surface area contributed by atoms with Crippen LogP contribution in [0.5, 0.6) is 5.75 Å². The predicted molar refractivity (Wildman–Crippen MR) is 95.5 cm³/mol. The van der Waals surface area contributed by atoms with Crippen LogP contribution in [0.3, 0.4) is 0 Å². The summed E-state index contributed by atoms with van der Waals surface area (Å²) in [6.45, 7) is 0.551. The molecule has 146 valence electrons. The Morgan fingerprint density at radius 3 is 2.81 bits per heavy atom. The highest BCUT2D eigenvalue weighted by molar-refractivity contribution is 7.85. The lowest BCUT2D eigenvalue weighted by atomic mass is 10.1. The second-order valence-corrected chi connectivity index (χ2v) is 8.46. The Morgan fingerprint density at radius 1 is 1.26 bits per heavy atom. The van der Waals surface area contributed by atoms with Gasteiger partial charge in [-0.15, -0.1) is 0 Å². The van der Waals surface area contributed by atoms with Crippen molar-refractivity contribution in [2.45, 2.75) is 31.4 Å². The molecule has 4 rings (SSSR count). The molecule has 27 heavy (non-hydrogen) atoms. The quantitative estimate of drug-likeness (QED) is 0.706. The molecular weight excluding hydrogens is 376 g/mol. The number of rotatable bonds is 4. The molecule has 2 unspecified atom stereocenters. The molecule has 3 heterocycles. The zero-order valence-electron chi connectivity index (χ0n) is 14.8. The molecular formula is C17H20N2O7S. The van der Waals surface area contributed by atoms with Gasteiger partial charge in [-0.1, -0.05) is 0 Å². The maximum atomic E-state index is 12.3. The van der Waals surface area contributed by atoms with E-state index in [1.165, 1.54) is 4.90 Å². The predicted octanol–water partition coefficient (Wildman–Crippen LogP) is 1.27. The van der Waals surface area contributed by atoms with Crippen LogP contribution in [0.15, 0.2) is 18.2 Å². The Bertz CT molecular complexity index is 885. The Balaban J connectivity index is 1.57. The summed E-state index contributed by atoms with van der Waals surface area (Å²) < 4.78 is 38.3. The van der Waals surface area contributed by atoms with E-state index in [1.807, 2.05) is 0 Å². The summed E-state index contributed by atoms with van der Waals surface area (Å²) >= 11 is 0. The minimum atomic E-state index is -3.64. The first-order chi connectivity index (χ1) is 12.8. The highest BCUT2D eigenvalue weighted by Crippen LogP contribution is 2.41. The van der Waals surface area contributed by atoms with E-state index >= 15 is 0 Å². The molecule has 2 atom stereocenters. The van der Waals surface area contributed by atoms with Gasteiger partial charge in [0, 0.05) is 24.7 Å². The van der Waals surface area contributed by atoms with Gasteiger partial charge in [-0.05, 0) is 25.0 Å². The maximum absolute atomic E-state index is 12.3. The number of amides is 2. The second-order valence-electron chi connectivity index (χ2n) is 6.81. The normalized spacial score (nSPS) is 24.9. The molecule has 0 saturated carbocycles. The van der Waals surface area contributed by atoms with E-state index in [0.29, 0.717) is 24.4 Å². The molecule has 1 aromatic carbocycles. The van der Waals surface area contributed by atoms with Crippen LogP contribution in [0.4, 0.5) is 16.2 Å². The van der Waals surface area contributed by atoms with Crippen molar-refractivity contribution in [3.63, 3.8) is 0 Å². The number of cyclic esters (lactones) is 1. The molecule has 0 N–H and O–H groups in total. The molecule has 2 fully saturated rings. The van der Waals surface area contributed by atoms with Gasteiger partial charge < -0.3 is 14.4 Å². The minimum absolute atomic E-state index is 0.0773. The van der Waals surface area contributed by atoms with Gasteiger partial charge in [0.05, 0.1) is 11.9 Å². The molecule has 2 amide bonds. The Hall–Kier alpha value is -2.33. The molecule has 1 aromatic rings. The summed E-state index contributed by atoms with van der Waals surface area (Å²) in [4.78, 5) is 27.6. The summed E-state index contributed by atoms with van der Waals surface area (Å²) in [5, 5.41) is 0. The van der Waals surface area contributed by atoms with Crippen LogP contribution in [-0.4, -0.2) is 58.6 Å². The van der Waals surface area contributed by atoms with Crippen LogP contribution in [0.2, 0.25) is 0 Å². The van der Waals surface area contributed by atoms with Crippen molar-refractivity contribution < 1.29 is 31.7 Å². The molecule has 2 saturated heterocycles. The first-order valence-electron chi connectivity index (χ1n) is 8.75. The number of carbonyl (C=O) groups is 2. The monoisotopic (exact) mass is 396 g/mol. The third-order valence-electron chi connectivity index (χ3n) is 4.90. The SMILES string of the molecule is CS(=O)(=O)OCC1OC(=O)N2c3ccc(N4CCCCC4=O)cc3OCC12. The van der Waals surface area contributed by atoms with Crippen molar-refractivity contribution in [2.75, 3.05) is 35.8 Å². The summed E-state index contributed by atoms with van der Waals surface area (Å²) in [5.74, 6) is 0.567. The van der Waals surface area contributed by atoms with Gasteiger partial charge in [0.2, 0.25) is 5.91 Å². The third-order valence-corrected chi connectivity index (χ3v) is 5.47. The maximum Gasteiger partial charge on any atom is 0.415 e. The van der Waals surface area contributed by atoms with E-state index in [2.05, 4.69) is 0 Å². The molecule has 0 aliphatic carbocycles. The van der Waals surface area contributed by atoms with E-state index in [4.69, 9.17) is 13.7 Å². The van der Waals surface area contributed by atoms with Gasteiger partial charge >= 0.3 is 6.09 Å². The lowest BCUT2D eigenvalue weighted by Crippen LogP contribution is -2.46. The zero-order chi connectivity index (χ0) is 19.2. The van der Waals surface area contributed by atoms with E-state index in [0.717, 1.165) is 24.8 Å². The molecule has 0 aromatic heterocycles. The molecule has 0 bridgehead atoms. The number of hydrogen-bond donors (Lipinski definition) is 0. The Morgan fingerprint density at radius 2 is 2.07 bits per heavy atom. The molecule has 0 spiro atoms. The molecule has 0 radical (unpaired) electrons. The highest BCUT2D eigenvalue weighted by atomic mass is 32.2. The lowest BCUT2D eigenvalue weighted by Gasteiger charge is -2.33. The van der Waals surface area contributed by atoms with Gasteiger partial charge in [-0.25, -0.2) is 4.79 Å². The van der Waals surface area contributed by atoms with Gasteiger partial charge in [-0.3, -0.25) is 13.9 Å². The average molecular weight is 396 g/mol. The van der Waals surface area contributed by atoms with Crippen molar-refractivity contribution in [1.82, 2.24) is 0 Å². The summed E-state index contributed by atoms with van der Waals surface area (Å²) in [6.07, 6.45) is 2.00. The van der Waals surface area contributed by atoms with Crippen LogP contribution < -0.4 is 14.5 Å². The third kappa shape index (κ3) is 3.46. The van der Waals surface area contributed by atoms with Gasteiger partial charge in [-0.2, -0.15) is 8.42 Å². The van der Waals surface area contributed by atoms with Gasteiger partial charge in [0.15, 0.2) is 6.10 Å². The second kappa shape index (κ2) is 6.68. The van der Waals surface area contributed by atoms with Crippen molar-refractivity contribution >= 4 is 33.5 Å². The Kier molecular flexibility index (Phi) is 4.47. The summed E-state index contributed by atoms with van der Waals surface area (Å²) in [5.41, 5.74) is 1.27. The summed E-state index contributed by atoms with van der Waals surface area (Å²) in [7, 11) is -3.64. The summed E-state index contributed by atoms with van der Waals surface area (Å²) in [6, 6.07) is 4.78. The number of anilines is 2. The molecule has 10 heteroatoms. The van der Waals surface area contributed by atoms with Gasteiger partial charge in [0.25, 0.3) is 10.1 Å². The minimum Gasteiger partial charge on any atom is -0.489 e. The average Bonchev–Trinajstić information content (AvgIpc) is 2.96. The van der Waals surface area contributed by atoms with Gasteiger partial charge in [0.1, 0.15) is 25.0 Å². The number of benzene rings is 1. The number of fused-ring (bicyclic) bond motifs is 3. The number of ether oxygens (including phenoxy) is 2. The van der Waals surface area contributed by atoms with Crippen LogP contribution >= 0.6 is 0 Å². The van der Waals surface area contributed by atoms with Crippen LogP contribution in [-0.2, 0) is 23.8 Å².